The van der Waals surface area contributed by atoms with Gasteiger partial charge in [-0.1, -0.05) is 46.3 Å². The summed E-state index contributed by atoms with van der Waals surface area (Å²) in [6.07, 6.45) is 1.36. The van der Waals surface area contributed by atoms with Gasteiger partial charge in [0.1, 0.15) is 17.0 Å². The summed E-state index contributed by atoms with van der Waals surface area (Å²) < 4.78 is 2.58. The number of hydrogen-bond donors (Lipinski definition) is 2. The first-order chi connectivity index (χ1) is 13.0. The van der Waals surface area contributed by atoms with Gasteiger partial charge >= 0.3 is 0 Å². The van der Waals surface area contributed by atoms with Crippen LogP contribution in [0.25, 0.3) is 28.7 Å². The van der Waals surface area contributed by atoms with E-state index in [2.05, 4.69) is 31.0 Å². The Bertz CT molecular complexity index is 1210. The summed E-state index contributed by atoms with van der Waals surface area (Å²) >= 11 is 3.35. The highest BCUT2D eigenvalue weighted by Crippen LogP contribution is 2.20. The lowest BCUT2D eigenvalue weighted by molar-refractivity contribution is 0.515. The van der Waals surface area contributed by atoms with Crippen LogP contribution in [-0.4, -0.2) is 24.9 Å². The van der Waals surface area contributed by atoms with E-state index in [9.17, 15) is 9.90 Å². The lowest BCUT2D eigenvalue weighted by atomic mass is 10.1. The molecule has 7 heteroatoms. The molecule has 0 fully saturated rings. The Balaban J connectivity index is 1.87. The fourth-order valence-electron chi connectivity index (χ4n) is 2.79. The molecule has 134 valence electrons. The molecular weight excluding hydrogens is 408 g/mol. The molecule has 0 atom stereocenters. The first kappa shape index (κ1) is 17.2. The van der Waals surface area contributed by atoms with Crippen molar-refractivity contribution in [3.05, 3.63) is 86.4 Å². The molecule has 0 saturated carbocycles. The molecule has 2 aromatic carbocycles. The molecule has 0 aliphatic rings. The van der Waals surface area contributed by atoms with Gasteiger partial charge in [0.15, 0.2) is 5.65 Å². The predicted molar refractivity (Wildman–Crippen MR) is 109 cm³/mol. The van der Waals surface area contributed by atoms with Crippen LogP contribution in [0, 0.1) is 6.92 Å². The lowest BCUT2D eigenvalue weighted by Gasteiger charge is -2.03. The minimum Gasteiger partial charge on any atom is -0.507 e. The van der Waals surface area contributed by atoms with E-state index < -0.39 is 0 Å². The zero-order chi connectivity index (χ0) is 19.0. The van der Waals surface area contributed by atoms with Crippen molar-refractivity contribution in [2.24, 2.45) is 0 Å². The number of benzene rings is 2. The first-order valence-electron chi connectivity index (χ1n) is 8.24. The van der Waals surface area contributed by atoms with Gasteiger partial charge in [-0.25, -0.2) is 9.67 Å². The second kappa shape index (κ2) is 6.85. The monoisotopic (exact) mass is 422 g/mol. The Morgan fingerprint density at radius 3 is 2.56 bits per heavy atom. The molecular formula is C20H15BrN4O2. The fraction of sp³-hybridized carbons (Fsp3) is 0.0500. The minimum absolute atomic E-state index is 0.0395. The van der Waals surface area contributed by atoms with Crippen LogP contribution in [0.1, 0.15) is 17.0 Å². The molecule has 0 radical (unpaired) electrons. The van der Waals surface area contributed by atoms with Crippen molar-refractivity contribution in [2.45, 2.75) is 6.92 Å². The Morgan fingerprint density at radius 1 is 1.15 bits per heavy atom. The summed E-state index contributed by atoms with van der Waals surface area (Å²) in [5, 5.41) is 14.9. The van der Waals surface area contributed by atoms with Crippen molar-refractivity contribution < 1.29 is 5.11 Å². The molecule has 0 amide bonds. The van der Waals surface area contributed by atoms with Gasteiger partial charge in [-0.15, -0.1) is 0 Å². The molecule has 2 N–H and O–H groups in total. The van der Waals surface area contributed by atoms with Crippen LogP contribution in [0.3, 0.4) is 0 Å². The van der Waals surface area contributed by atoms with Gasteiger partial charge in [0.05, 0.1) is 11.4 Å². The topological polar surface area (TPSA) is 83.8 Å². The van der Waals surface area contributed by atoms with E-state index in [1.807, 2.05) is 49.4 Å². The Labute approximate surface area is 163 Å². The van der Waals surface area contributed by atoms with Crippen molar-refractivity contribution in [3.63, 3.8) is 0 Å². The van der Waals surface area contributed by atoms with E-state index in [1.165, 1.54) is 6.08 Å². The van der Waals surface area contributed by atoms with E-state index in [1.54, 1.807) is 16.8 Å². The SMILES string of the molecule is Cc1nn(-c2ccccc2)c2nc(C=C(O)c3ccc(Br)cc3)c(=O)[nH]c12. The molecule has 6 nitrogen and oxygen atoms in total. The van der Waals surface area contributed by atoms with Gasteiger partial charge in [0.25, 0.3) is 5.56 Å². The number of aromatic amines is 1. The van der Waals surface area contributed by atoms with Crippen LogP contribution in [0.5, 0.6) is 0 Å². The number of aliphatic hydroxyl groups excluding tert-OH is 1. The van der Waals surface area contributed by atoms with Crippen molar-refractivity contribution in [1.29, 1.82) is 0 Å². The largest absolute Gasteiger partial charge is 0.507 e. The number of para-hydroxylation sites is 1. The van der Waals surface area contributed by atoms with Gasteiger partial charge in [0.2, 0.25) is 0 Å². The Hall–Kier alpha value is -3.19. The molecule has 2 heterocycles. The summed E-state index contributed by atoms with van der Waals surface area (Å²) in [4.78, 5) is 19.7. The van der Waals surface area contributed by atoms with Gasteiger partial charge in [-0.05, 0) is 31.2 Å². The fourth-order valence-corrected chi connectivity index (χ4v) is 3.05. The average molecular weight is 423 g/mol. The van der Waals surface area contributed by atoms with Gasteiger partial charge in [-0.2, -0.15) is 5.10 Å². The molecule has 4 aromatic rings. The summed E-state index contributed by atoms with van der Waals surface area (Å²) in [7, 11) is 0. The number of nitrogens with one attached hydrogen (secondary N) is 1. The van der Waals surface area contributed by atoms with Crippen LogP contribution in [0.15, 0.2) is 63.9 Å². The predicted octanol–water partition coefficient (Wildman–Crippen LogP) is 4.24. The number of aromatic nitrogens is 4. The van der Waals surface area contributed by atoms with E-state index >= 15 is 0 Å². The number of nitrogens with zero attached hydrogens (tertiary/aromatic N) is 3. The average Bonchev–Trinajstić information content (AvgIpc) is 2.99. The summed E-state index contributed by atoms with van der Waals surface area (Å²) in [6.45, 7) is 1.81. The summed E-state index contributed by atoms with van der Waals surface area (Å²) in [5.41, 5.74) is 2.92. The number of halogens is 1. The van der Waals surface area contributed by atoms with Crippen LogP contribution < -0.4 is 5.56 Å². The van der Waals surface area contributed by atoms with Crippen molar-refractivity contribution in [3.8, 4) is 5.69 Å². The van der Waals surface area contributed by atoms with Crippen LogP contribution in [0.4, 0.5) is 0 Å². The maximum Gasteiger partial charge on any atom is 0.274 e. The zero-order valence-electron chi connectivity index (χ0n) is 14.3. The quantitative estimate of drug-likeness (QED) is 0.483. The molecule has 0 aliphatic carbocycles. The van der Waals surface area contributed by atoms with Gasteiger partial charge < -0.3 is 10.1 Å². The minimum atomic E-state index is -0.387. The van der Waals surface area contributed by atoms with Gasteiger partial charge in [-0.3, -0.25) is 4.79 Å². The van der Waals surface area contributed by atoms with E-state index in [0.717, 1.165) is 10.2 Å². The Morgan fingerprint density at radius 2 is 1.85 bits per heavy atom. The molecule has 4 rings (SSSR count). The highest BCUT2D eigenvalue weighted by molar-refractivity contribution is 9.10. The maximum atomic E-state index is 12.4. The number of hydrogen-bond acceptors (Lipinski definition) is 4. The highest BCUT2D eigenvalue weighted by atomic mass is 79.9. The number of aryl methyl sites for hydroxylation is 1. The second-order valence-electron chi connectivity index (χ2n) is 6.02. The third kappa shape index (κ3) is 3.29. The van der Waals surface area contributed by atoms with Crippen molar-refractivity contribution in [2.75, 3.05) is 0 Å². The molecule has 0 saturated heterocycles. The summed E-state index contributed by atoms with van der Waals surface area (Å²) in [5.74, 6) is -0.0395. The molecule has 0 spiro atoms. The molecule has 2 aromatic heterocycles. The highest BCUT2D eigenvalue weighted by Gasteiger charge is 2.14. The van der Waals surface area contributed by atoms with E-state index in [0.29, 0.717) is 22.4 Å². The van der Waals surface area contributed by atoms with Crippen LogP contribution in [-0.2, 0) is 0 Å². The smallest absolute Gasteiger partial charge is 0.274 e. The first-order valence-corrected chi connectivity index (χ1v) is 9.04. The number of H-pyrrole nitrogens is 1. The van der Waals surface area contributed by atoms with Crippen LogP contribution in [0.2, 0.25) is 0 Å². The standard InChI is InChI=1S/C20H15BrN4O2/c1-12-18-19(25(24-12)15-5-3-2-4-6-15)22-16(20(27)23-18)11-17(26)13-7-9-14(21)10-8-13/h2-11,26H,1H3,(H,23,27). The molecule has 0 bridgehead atoms. The number of fused-ring (bicyclic) bond motifs is 1. The van der Waals surface area contributed by atoms with E-state index in [4.69, 9.17) is 0 Å². The third-order valence-corrected chi connectivity index (χ3v) is 4.68. The van der Waals surface area contributed by atoms with Crippen molar-refractivity contribution >= 4 is 38.9 Å². The molecule has 0 aliphatic heterocycles. The number of aliphatic hydroxyl groups is 1. The zero-order valence-corrected chi connectivity index (χ0v) is 15.9. The van der Waals surface area contributed by atoms with Gasteiger partial charge in [0, 0.05) is 16.1 Å². The van der Waals surface area contributed by atoms with Crippen LogP contribution >= 0.6 is 15.9 Å². The van der Waals surface area contributed by atoms with Crippen molar-refractivity contribution in [1.82, 2.24) is 19.7 Å². The van der Waals surface area contributed by atoms with E-state index in [-0.39, 0.29) is 17.0 Å². The lowest BCUT2D eigenvalue weighted by Crippen LogP contribution is -2.13. The normalized spacial score (nSPS) is 11.9. The summed E-state index contributed by atoms with van der Waals surface area (Å²) in [6, 6.07) is 16.7. The third-order valence-electron chi connectivity index (χ3n) is 4.15. The second-order valence-corrected chi connectivity index (χ2v) is 6.93. The molecule has 27 heavy (non-hydrogen) atoms. The molecule has 0 unspecified atom stereocenters. The Kier molecular flexibility index (Phi) is 4.37. The maximum absolute atomic E-state index is 12.4. The number of rotatable bonds is 3.